The van der Waals surface area contributed by atoms with Gasteiger partial charge < -0.3 is 14.4 Å². The first-order valence-electron chi connectivity index (χ1n) is 10.4. The predicted octanol–water partition coefficient (Wildman–Crippen LogP) is 4.34. The second kappa shape index (κ2) is 10.5. The fourth-order valence-electron chi connectivity index (χ4n) is 3.54. The smallest absolute Gasteiger partial charge is 0.266 e. The summed E-state index contributed by atoms with van der Waals surface area (Å²) in [6.07, 6.45) is 2.75. The number of carbonyl (C=O) groups excluding carboxylic acids is 2. The van der Waals surface area contributed by atoms with E-state index in [0.29, 0.717) is 40.2 Å². The number of anilines is 1. The van der Waals surface area contributed by atoms with Gasteiger partial charge >= 0.3 is 0 Å². The molecule has 33 heavy (non-hydrogen) atoms. The van der Waals surface area contributed by atoms with Crippen LogP contribution in [0.15, 0.2) is 53.4 Å². The number of thioether (sulfide) groups is 1. The molecule has 0 spiro atoms. The molecule has 0 unspecified atom stereocenters. The minimum atomic E-state index is -0.167. The summed E-state index contributed by atoms with van der Waals surface area (Å²) in [6.45, 7) is 0.881. The van der Waals surface area contributed by atoms with Gasteiger partial charge in [0.1, 0.15) is 4.32 Å². The van der Waals surface area contributed by atoms with Crippen molar-refractivity contribution in [2.24, 2.45) is 0 Å². The highest BCUT2D eigenvalue weighted by Gasteiger charge is 2.32. The summed E-state index contributed by atoms with van der Waals surface area (Å²) in [5.41, 5.74) is 1.58. The summed E-state index contributed by atoms with van der Waals surface area (Å²) in [5, 5.41) is 8.93. The number of carbonyl (C=O) groups is 2. The Hall–Kier alpha value is -3.35. The van der Waals surface area contributed by atoms with E-state index in [4.69, 9.17) is 27.0 Å². The number of thiocarbonyl (C=S) groups is 1. The minimum Gasteiger partial charge on any atom is -0.454 e. The van der Waals surface area contributed by atoms with Crippen molar-refractivity contribution >= 4 is 51.9 Å². The zero-order chi connectivity index (χ0) is 23.2. The van der Waals surface area contributed by atoms with Crippen molar-refractivity contribution in [2.45, 2.75) is 19.3 Å². The highest BCUT2D eigenvalue weighted by atomic mass is 32.2. The summed E-state index contributed by atoms with van der Waals surface area (Å²) in [5.74, 6) is 1.08. The molecule has 0 aliphatic carbocycles. The molecule has 2 aliphatic rings. The van der Waals surface area contributed by atoms with E-state index in [1.54, 1.807) is 11.0 Å². The Bertz CT molecular complexity index is 1140. The van der Waals surface area contributed by atoms with Gasteiger partial charge in [-0.1, -0.05) is 48.2 Å². The molecule has 9 heteroatoms. The molecular weight excluding hydrogens is 458 g/mol. The molecule has 2 amide bonds. The van der Waals surface area contributed by atoms with Gasteiger partial charge in [-0.25, -0.2) is 0 Å². The normalized spacial score (nSPS) is 15.7. The molecular formula is C24H21N3O4S2. The predicted molar refractivity (Wildman–Crippen MR) is 131 cm³/mol. The summed E-state index contributed by atoms with van der Waals surface area (Å²) in [6, 6.07) is 16.9. The number of rotatable bonds is 8. The summed E-state index contributed by atoms with van der Waals surface area (Å²) in [7, 11) is 0. The Labute approximate surface area is 201 Å². The first-order valence-corrected chi connectivity index (χ1v) is 11.7. The molecule has 0 N–H and O–H groups in total. The van der Waals surface area contributed by atoms with Crippen LogP contribution in [0.25, 0.3) is 6.08 Å². The van der Waals surface area contributed by atoms with Crippen LogP contribution in [-0.4, -0.2) is 40.9 Å². The lowest BCUT2D eigenvalue weighted by Gasteiger charge is -2.22. The van der Waals surface area contributed by atoms with E-state index in [9.17, 15) is 9.59 Å². The van der Waals surface area contributed by atoms with Crippen LogP contribution in [0.2, 0.25) is 0 Å². The number of hydrogen-bond donors (Lipinski definition) is 0. The highest BCUT2D eigenvalue weighted by molar-refractivity contribution is 8.26. The van der Waals surface area contributed by atoms with E-state index < -0.39 is 0 Å². The van der Waals surface area contributed by atoms with Crippen LogP contribution in [0.1, 0.15) is 24.8 Å². The summed E-state index contributed by atoms with van der Waals surface area (Å²) in [4.78, 5) is 29.4. The van der Waals surface area contributed by atoms with E-state index in [1.807, 2.05) is 48.5 Å². The standard InChI is InChI=1S/C24H21N3O4S2/c25-11-5-13-26(18-6-2-1-3-7-18)22(28)8-4-12-27-23(29)21(33-24(27)32)15-17-9-10-19-20(14-17)31-16-30-19/h1-3,6-7,9-10,14-15H,4-5,8,12-13,16H2/b21-15-. The second-order valence-corrected chi connectivity index (χ2v) is 9.01. The number of amides is 2. The van der Waals surface area contributed by atoms with E-state index in [0.717, 1.165) is 11.3 Å². The average Bonchev–Trinajstić information content (AvgIpc) is 3.39. The number of para-hydroxylation sites is 1. The van der Waals surface area contributed by atoms with Crippen molar-refractivity contribution in [2.75, 3.05) is 24.8 Å². The van der Waals surface area contributed by atoms with Gasteiger partial charge in [0.25, 0.3) is 5.91 Å². The fourth-order valence-corrected chi connectivity index (χ4v) is 4.85. The van der Waals surface area contributed by atoms with Crippen molar-refractivity contribution in [1.82, 2.24) is 4.90 Å². The number of fused-ring (bicyclic) bond motifs is 1. The van der Waals surface area contributed by atoms with Gasteiger partial charge in [-0.3, -0.25) is 14.5 Å². The zero-order valence-electron chi connectivity index (χ0n) is 17.7. The molecule has 0 saturated carbocycles. The first kappa shape index (κ1) is 22.8. The summed E-state index contributed by atoms with van der Waals surface area (Å²) >= 11 is 6.65. The van der Waals surface area contributed by atoms with Crippen LogP contribution in [0.5, 0.6) is 11.5 Å². The lowest BCUT2D eigenvalue weighted by atomic mass is 10.2. The molecule has 7 nitrogen and oxygen atoms in total. The van der Waals surface area contributed by atoms with Crippen LogP contribution in [-0.2, 0) is 9.59 Å². The molecule has 1 saturated heterocycles. The number of hydrogen-bond acceptors (Lipinski definition) is 7. The van der Waals surface area contributed by atoms with E-state index in [2.05, 4.69) is 6.07 Å². The van der Waals surface area contributed by atoms with E-state index in [1.165, 1.54) is 16.7 Å². The molecule has 4 rings (SSSR count). The molecule has 0 bridgehead atoms. The minimum absolute atomic E-state index is 0.0854. The maximum absolute atomic E-state index is 12.9. The maximum atomic E-state index is 12.9. The SMILES string of the molecule is N#CCCN(C(=O)CCCN1C(=O)/C(=C/c2ccc3c(c2)OCO3)SC1=S)c1ccccc1. The third kappa shape index (κ3) is 5.35. The Kier molecular flexibility index (Phi) is 7.27. The van der Waals surface area contributed by atoms with Crippen molar-refractivity contribution in [3.63, 3.8) is 0 Å². The molecule has 0 radical (unpaired) electrons. The monoisotopic (exact) mass is 479 g/mol. The first-order chi connectivity index (χ1) is 16.1. The van der Waals surface area contributed by atoms with Gasteiger partial charge in [-0.2, -0.15) is 5.26 Å². The van der Waals surface area contributed by atoms with Crippen LogP contribution in [0.4, 0.5) is 5.69 Å². The Morgan fingerprint density at radius 1 is 1.21 bits per heavy atom. The quantitative estimate of drug-likeness (QED) is 0.411. The number of nitrogens with zero attached hydrogens (tertiary/aromatic N) is 3. The third-order valence-electron chi connectivity index (χ3n) is 5.16. The Morgan fingerprint density at radius 2 is 2.00 bits per heavy atom. The molecule has 2 aliphatic heterocycles. The van der Waals surface area contributed by atoms with Crippen LogP contribution in [0, 0.1) is 11.3 Å². The van der Waals surface area contributed by atoms with Crippen molar-refractivity contribution in [1.29, 1.82) is 5.26 Å². The van der Waals surface area contributed by atoms with Gasteiger partial charge in [0.2, 0.25) is 12.7 Å². The van der Waals surface area contributed by atoms with Gasteiger partial charge in [0.15, 0.2) is 11.5 Å². The summed E-state index contributed by atoms with van der Waals surface area (Å²) < 4.78 is 11.2. The average molecular weight is 480 g/mol. The lowest BCUT2D eigenvalue weighted by Crippen LogP contribution is -2.33. The largest absolute Gasteiger partial charge is 0.454 e. The molecule has 2 aromatic carbocycles. The van der Waals surface area contributed by atoms with E-state index >= 15 is 0 Å². The van der Waals surface area contributed by atoms with Crippen LogP contribution < -0.4 is 14.4 Å². The van der Waals surface area contributed by atoms with Crippen molar-refractivity contribution in [3.05, 3.63) is 59.0 Å². The van der Waals surface area contributed by atoms with Gasteiger partial charge in [0.05, 0.1) is 17.4 Å². The van der Waals surface area contributed by atoms with Crippen molar-refractivity contribution in [3.8, 4) is 17.6 Å². The Balaban J connectivity index is 1.36. The molecule has 0 aromatic heterocycles. The van der Waals surface area contributed by atoms with Gasteiger partial charge in [-0.05, 0) is 42.3 Å². The maximum Gasteiger partial charge on any atom is 0.266 e. The molecule has 1 fully saturated rings. The number of benzene rings is 2. The number of nitriles is 1. The van der Waals surface area contributed by atoms with Crippen molar-refractivity contribution < 1.29 is 19.1 Å². The topological polar surface area (TPSA) is 82.9 Å². The molecule has 2 heterocycles. The third-order valence-corrected chi connectivity index (χ3v) is 6.53. The fraction of sp³-hybridized carbons (Fsp3) is 0.250. The lowest BCUT2D eigenvalue weighted by molar-refractivity contribution is -0.123. The van der Waals surface area contributed by atoms with E-state index in [-0.39, 0.29) is 31.4 Å². The highest BCUT2D eigenvalue weighted by Crippen LogP contribution is 2.36. The second-order valence-electron chi connectivity index (χ2n) is 7.34. The molecule has 0 atom stereocenters. The van der Waals surface area contributed by atoms with Crippen LogP contribution >= 0.6 is 24.0 Å². The molecule has 168 valence electrons. The van der Waals surface area contributed by atoms with Gasteiger partial charge in [-0.15, -0.1) is 0 Å². The zero-order valence-corrected chi connectivity index (χ0v) is 19.4. The van der Waals surface area contributed by atoms with Gasteiger partial charge in [0, 0.05) is 25.2 Å². The number of ether oxygens (including phenoxy) is 2. The molecule has 2 aromatic rings. The van der Waals surface area contributed by atoms with Crippen LogP contribution in [0.3, 0.4) is 0 Å². The Morgan fingerprint density at radius 3 is 2.79 bits per heavy atom.